The Bertz CT molecular complexity index is 350. The lowest BCUT2D eigenvalue weighted by Gasteiger charge is -2.34. The molecule has 0 unspecified atom stereocenters. The van der Waals surface area contributed by atoms with Crippen LogP contribution < -0.4 is 5.73 Å². The zero-order chi connectivity index (χ0) is 13.6. The Balaban J connectivity index is 2.83. The average molecular weight is 268 g/mol. The summed E-state index contributed by atoms with van der Waals surface area (Å²) in [6.07, 6.45) is 1.61. The number of nitrogens with two attached hydrogens (primary N) is 1. The number of hydrogen-bond acceptors (Lipinski definition) is 3. The van der Waals surface area contributed by atoms with Gasteiger partial charge in [-0.3, -0.25) is 4.79 Å². The third-order valence-corrected chi connectivity index (χ3v) is 4.65. The van der Waals surface area contributed by atoms with Crippen molar-refractivity contribution in [2.45, 2.75) is 40.2 Å². The number of nitrogens with zero attached hydrogens (tertiary/aromatic N) is 1. The molecule has 0 aliphatic heterocycles. The number of hydrogen-bond donors (Lipinski definition) is 1. The summed E-state index contributed by atoms with van der Waals surface area (Å²) in [5, 5.41) is 2.05. The highest BCUT2D eigenvalue weighted by Gasteiger charge is 2.36. The lowest BCUT2D eigenvalue weighted by atomic mass is 9.81. The van der Waals surface area contributed by atoms with Crippen molar-refractivity contribution >= 4 is 17.2 Å². The van der Waals surface area contributed by atoms with Crippen LogP contribution in [-0.2, 0) is 11.3 Å². The fraction of sp³-hybridized carbons (Fsp3) is 0.643. The van der Waals surface area contributed by atoms with Crippen LogP contribution >= 0.6 is 11.3 Å². The highest BCUT2D eigenvalue weighted by molar-refractivity contribution is 7.09. The van der Waals surface area contributed by atoms with E-state index in [1.807, 2.05) is 37.1 Å². The summed E-state index contributed by atoms with van der Waals surface area (Å²) in [4.78, 5) is 15.8. The Labute approximate surface area is 114 Å². The Kier molecular flexibility index (Phi) is 5.82. The normalized spacial score (nSPS) is 11.6. The van der Waals surface area contributed by atoms with Gasteiger partial charge in [0.1, 0.15) is 0 Å². The van der Waals surface area contributed by atoms with Gasteiger partial charge in [0, 0.05) is 18.0 Å². The molecule has 1 aromatic rings. The van der Waals surface area contributed by atoms with Gasteiger partial charge < -0.3 is 10.6 Å². The molecule has 1 aromatic heterocycles. The SMILES string of the molecule is CCN(Cc1cccs1)C(=O)C(CC)(CC)CN. The first kappa shape index (κ1) is 15.2. The second-order valence-corrected chi connectivity index (χ2v) is 5.62. The van der Waals surface area contributed by atoms with E-state index in [0.29, 0.717) is 13.1 Å². The molecule has 2 N–H and O–H groups in total. The molecule has 0 spiro atoms. The molecule has 0 atom stereocenters. The number of amides is 1. The molecule has 18 heavy (non-hydrogen) atoms. The lowest BCUT2D eigenvalue weighted by molar-refractivity contribution is -0.142. The van der Waals surface area contributed by atoms with Crippen molar-refractivity contribution in [3.8, 4) is 0 Å². The van der Waals surface area contributed by atoms with E-state index in [0.717, 1.165) is 19.4 Å². The van der Waals surface area contributed by atoms with Crippen LogP contribution in [0.1, 0.15) is 38.5 Å². The fourth-order valence-corrected chi connectivity index (χ4v) is 2.90. The van der Waals surface area contributed by atoms with Gasteiger partial charge in [0.25, 0.3) is 0 Å². The summed E-state index contributed by atoms with van der Waals surface area (Å²) in [5.41, 5.74) is 5.47. The van der Waals surface area contributed by atoms with Crippen molar-refractivity contribution in [3.63, 3.8) is 0 Å². The Morgan fingerprint density at radius 2 is 2.06 bits per heavy atom. The van der Waals surface area contributed by atoms with E-state index in [4.69, 9.17) is 5.73 Å². The molecule has 1 rings (SSSR count). The highest BCUT2D eigenvalue weighted by Crippen LogP contribution is 2.28. The van der Waals surface area contributed by atoms with Gasteiger partial charge in [-0.25, -0.2) is 0 Å². The van der Waals surface area contributed by atoms with Crippen LogP contribution in [0.15, 0.2) is 17.5 Å². The largest absolute Gasteiger partial charge is 0.337 e. The van der Waals surface area contributed by atoms with Crippen molar-refractivity contribution in [2.24, 2.45) is 11.1 Å². The maximum absolute atomic E-state index is 12.7. The molecular formula is C14H24N2OS. The molecule has 4 heteroatoms. The third kappa shape index (κ3) is 3.12. The molecule has 0 aliphatic carbocycles. The predicted octanol–water partition coefficient (Wildman–Crippen LogP) is 2.86. The smallest absolute Gasteiger partial charge is 0.230 e. The molecule has 3 nitrogen and oxygen atoms in total. The minimum absolute atomic E-state index is 0.200. The van der Waals surface area contributed by atoms with Gasteiger partial charge in [-0.2, -0.15) is 0 Å². The van der Waals surface area contributed by atoms with E-state index >= 15 is 0 Å². The second-order valence-electron chi connectivity index (χ2n) is 4.59. The predicted molar refractivity (Wildman–Crippen MR) is 77.5 cm³/mol. The summed E-state index contributed by atoms with van der Waals surface area (Å²) in [6, 6.07) is 4.09. The molecule has 1 amide bonds. The van der Waals surface area contributed by atoms with Crippen LogP contribution in [0, 0.1) is 5.41 Å². The lowest BCUT2D eigenvalue weighted by Crippen LogP contribution is -2.47. The van der Waals surface area contributed by atoms with Crippen molar-refractivity contribution < 1.29 is 4.79 Å². The molecule has 0 radical (unpaired) electrons. The number of carbonyl (C=O) groups excluding carboxylic acids is 1. The fourth-order valence-electron chi connectivity index (χ4n) is 2.18. The topological polar surface area (TPSA) is 46.3 Å². The number of thiophene rings is 1. The Morgan fingerprint density at radius 1 is 1.39 bits per heavy atom. The van der Waals surface area contributed by atoms with Gasteiger partial charge >= 0.3 is 0 Å². The van der Waals surface area contributed by atoms with E-state index in [2.05, 4.69) is 6.07 Å². The molecule has 0 saturated heterocycles. The molecule has 0 aromatic carbocycles. The van der Waals surface area contributed by atoms with Crippen molar-refractivity contribution in [3.05, 3.63) is 22.4 Å². The van der Waals surface area contributed by atoms with E-state index in [1.54, 1.807) is 11.3 Å². The van der Waals surface area contributed by atoms with E-state index in [1.165, 1.54) is 4.88 Å². The van der Waals surface area contributed by atoms with Gasteiger partial charge in [-0.05, 0) is 31.2 Å². The highest BCUT2D eigenvalue weighted by atomic mass is 32.1. The Morgan fingerprint density at radius 3 is 2.44 bits per heavy atom. The van der Waals surface area contributed by atoms with Crippen LogP contribution in [0.4, 0.5) is 0 Å². The summed E-state index contributed by atoms with van der Waals surface area (Å²) in [7, 11) is 0. The summed E-state index contributed by atoms with van der Waals surface area (Å²) in [6.45, 7) is 7.99. The summed E-state index contributed by atoms with van der Waals surface area (Å²) in [5.74, 6) is 0.200. The van der Waals surface area contributed by atoms with Crippen LogP contribution in [0.2, 0.25) is 0 Å². The van der Waals surface area contributed by atoms with Crippen LogP contribution in [0.3, 0.4) is 0 Å². The standard InChI is InChI=1S/C14H24N2OS/c1-4-14(5-2,11-15)13(17)16(6-3)10-12-8-7-9-18-12/h7-9H,4-6,10-11,15H2,1-3H3. The maximum atomic E-state index is 12.7. The quantitative estimate of drug-likeness (QED) is 0.826. The van der Waals surface area contributed by atoms with Crippen molar-refractivity contribution in [1.29, 1.82) is 0 Å². The molecule has 0 bridgehead atoms. The Hall–Kier alpha value is -0.870. The van der Waals surface area contributed by atoms with Crippen molar-refractivity contribution in [2.75, 3.05) is 13.1 Å². The summed E-state index contributed by atoms with van der Waals surface area (Å²) >= 11 is 1.69. The van der Waals surface area contributed by atoms with Crippen molar-refractivity contribution in [1.82, 2.24) is 4.90 Å². The van der Waals surface area contributed by atoms with Gasteiger partial charge in [0.15, 0.2) is 0 Å². The molecular weight excluding hydrogens is 244 g/mol. The molecule has 1 heterocycles. The molecule has 0 saturated carbocycles. The zero-order valence-corrected chi connectivity index (χ0v) is 12.4. The van der Waals surface area contributed by atoms with E-state index in [-0.39, 0.29) is 11.3 Å². The van der Waals surface area contributed by atoms with E-state index < -0.39 is 0 Å². The zero-order valence-electron chi connectivity index (χ0n) is 11.6. The average Bonchev–Trinajstić information content (AvgIpc) is 2.91. The van der Waals surface area contributed by atoms with Crippen LogP contribution in [-0.4, -0.2) is 23.9 Å². The van der Waals surface area contributed by atoms with Crippen LogP contribution in [0.5, 0.6) is 0 Å². The monoisotopic (exact) mass is 268 g/mol. The number of rotatable bonds is 7. The second kappa shape index (κ2) is 6.90. The van der Waals surface area contributed by atoms with Gasteiger partial charge in [-0.15, -0.1) is 11.3 Å². The van der Waals surface area contributed by atoms with Crippen LogP contribution in [0.25, 0.3) is 0 Å². The molecule has 0 fully saturated rings. The minimum atomic E-state index is -0.382. The third-order valence-electron chi connectivity index (χ3n) is 3.79. The molecule has 102 valence electrons. The van der Waals surface area contributed by atoms with Gasteiger partial charge in [0.05, 0.1) is 12.0 Å². The maximum Gasteiger partial charge on any atom is 0.230 e. The number of carbonyl (C=O) groups is 1. The molecule has 0 aliphatic rings. The first-order valence-electron chi connectivity index (χ1n) is 6.65. The van der Waals surface area contributed by atoms with Gasteiger partial charge in [0.2, 0.25) is 5.91 Å². The minimum Gasteiger partial charge on any atom is -0.337 e. The van der Waals surface area contributed by atoms with E-state index in [9.17, 15) is 4.79 Å². The first-order valence-corrected chi connectivity index (χ1v) is 7.53. The summed E-state index contributed by atoms with van der Waals surface area (Å²) < 4.78 is 0. The first-order chi connectivity index (χ1) is 8.63. The van der Waals surface area contributed by atoms with Gasteiger partial charge in [-0.1, -0.05) is 19.9 Å².